The number of halogens is 18. The molecule has 4 N–H and O–H groups in total. The molecule has 0 aliphatic heterocycles. The first-order chi connectivity index (χ1) is 52.3. The van der Waals surface area contributed by atoms with Crippen LogP contribution in [0, 0.1) is 58.2 Å². The minimum Gasteiger partial charge on any atom is -1.00 e. The number of ketones is 2. The van der Waals surface area contributed by atoms with Crippen LogP contribution in [0.1, 0.15) is 77.4 Å². The third kappa shape index (κ3) is 40.5. The number of allylic oxidation sites excluding steroid dienone is 1. The van der Waals surface area contributed by atoms with Gasteiger partial charge in [0.2, 0.25) is 9.23 Å². The molecule has 0 amide bonds. The van der Waals surface area contributed by atoms with E-state index in [-0.39, 0.29) is 116 Å². The third-order valence-corrected chi connectivity index (χ3v) is 14.5. The number of phenolic OH excluding ortho intramolecular Hbond substituents is 2. The fraction of sp³-hybridized carbons (Fsp3) is 0.0897. The first kappa shape index (κ1) is 104. The van der Waals surface area contributed by atoms with Gasteiger partial charge < -0.3 is 31.0 Å². The van der Waals surface area contributed by atoms with E-state index in [0.717, 1.165) is 47.8 Å². The van der Waals surface area contributed by atoms with Gasteiger partial charge in [-0.1, -0.05) is 115 Å². The number of alkyl halides is 5. The van der Waals surface area contributed by atoms with Gasteiger partial charge in [-0.15, -0.1) is 18.2 Å². The first-order valence-electron chi connectivity index (χ1n) is 30.7. The van der Waals surface area contributed by atoms with Crippen LogP contribution in [0.3, 0.4) is 0 Å². The average Bonchev–Trinajstić information content (AvgIpc) is 0.839. The zero-order valence-electron chi connectivity index (χ0n) is 59.6. The SMILES string of the molecule is C=CCBr.C=CCOc1ccc(F)cc1C(=O)c1cccc(F)c1.C=CCOc1ccc(F)cc1C(Cl)c1cccc(F)c1.C=CCOc1ccc(F)cc1C(O)c1cccc(F)c1.O=C(Cl)c1cccc(F)c1.O=C(c1cccc(F)c1)c1cc(F)ccc1O.O=S(=O)(O)C(F)(F)F.O=S(Cl)Cl.Oc1ccc(F)cc1.[B].[H-].[Na+]. The number of phenols is 2. The molecule has 3 radical (unpaired) electrons. The molecule has 0 saturated carbocycles. The molecular formula is C78H63BBrCl4F13NaO13S2. The number of ether oxygens (including phenoxy) is 3. The van der Waals surface area contributed by atoms with Crippen LogP contribution in [0.25, 0.3) is 0 Å². The molecule has 113 heavy (non-hydrogen) atoms. The maximum atomic E-state index is 13.4. The summed E-state index contributed by atoms with van der Waals surface area (Å²) in [4.78, 5) is 34.6. The summed E-state index contributed by atoms with van der Waals surface area (Å²) in [5, 5.41) is 27.9. The van der Waals surface area contributed by atoms with Crippen LogP contribution in [0.5, 0.6) is 28.7 Å². The van der Waals surface area contributed by atoms with Crippen molar-refractivity contribution in [3.63, 3.8) is 0 Å². The van der Waals surface area contributed by atoms with E-state index in [0.29, 0.717) is 28.2 Å². The van der Waals surface area contributed by atoms with Crippen LogP contribution < -0.4 is 43.8 Å². The third-order valence-electron chi connectivity index (χ3n) is 12.7. The summed E-state index contributed by atoms with van der Waals surface area (Å²) >= 11 is 14.5. The standard InChI is InChI=1S/C16H13ClF2O.C16H14F2O2.C16H12F2O2.C13H8F2O2.C7H4ClFO.C6H5FO.C3H5Br.CHF3O3S.B.Cl2OS.Na.H/c1-2-8-20-15-7-6-13(19)10-14(15)16(17)11-4-3-5-12(18)9-11;2*1-2-8-20-15-7-6-13(18)10-14(15)16(19)11-4-3-5-12(17)9-11;14-9-3-1-2-8(6-9)13(17)11-7-10(15)4-5-12(11)16;8-7(10)5-2-1-3-6(9)4-5;7-5-1-3-6(8)4-2-5;1-2-3-4;2-1(3,4)8(5,6)7;;1-4(2)3;;/h2-7,9-10,16H,1,8H2;2-7,9-10,16,19H,1,8H2;2-7,9-10H,1,8H2;1-7,16H;1-4H;1-4,8H;2H,1,3H2;(H,5,6,7);;;;/q;;;;;;;;;;+1;-1. The van der Waals surface area contributed by atoms with Crippen molar-refractivity contribution < 1.29 is 149 Å². The van der Waals surface area contributed by atoms with E-state index >= 15 is 0 Å². The predicted octanol–water partition coefficient (Wildman–Crippen LogP) is 18.6. The molecule has 0 spiro atoms. The number of carbonyl (C=O) groups is 3. The quantitative estimate of drug-likeness (QED) is 0.00869. The van der Waals surface area contributed by atoms with Gasteiger partial charge in [-0.2, -0.15) is 21.6 Å². The Morgan fingerprint density at radius 1 is 0.478 bits per heavy atom. The molecular weight excluding hydrogens is 1710 g/mol. The molecule has 0 aliphatic rings. The van der Waals surface area contributed by atoms with Gasteiger partial charge in [0.1, 0.15) is 113 Å². The summed E-state index contributed by atoms with van der Waals surface area (Å²) < 4.78 is 213. The van der Waals surface area contributed by atoms with Gasteiger partial charge in [0.05, 0.1) is 16.5 Å². The maximum Gasteiger partial charge on any atom is 1.00 e. The van der Waals surface area contributed by atoms with E-state index in [1.165, 1.54) is 164 Å². The Labute approximate surface area is 696 Å². The number of aromatic hydroxyl groups is 2. The van der Waals surface area contributed by atoms with E-state index in [9.17, 15) is 81.7 Å². The Kier molecular flexibility index (Phi) is 50.3. The summed E-state index contributed by atoms with van der Waals surface area (Å²) in [6.45, 7) is 14.7. The van der Waals surface area contributed by atoms with Crippen molar-refractivity contribution in [3.05, 3.63) is 377 Å². The number of hydrogen-bond acceptors (Lipinski definition) is 12. The van der Waals surface area contributed by atoms with Crippen molar-refractivity contribution in [1.82, 2.24) is 0 Å². The smallest absolute Gasteiger partial charge is 1.00 e. The first-order valence-corrected chi connectivity index (χ1v) is 36.9. The molecule has 0 bridgehead atoms. The van der Waals surface area contributed by atoms with Gasteiger partial charge in [-0.3, -0.25) is 18.9 Å². The van der Waals surface area contributed by atoms with Gasteiger partial charge >= 0.3 is 45.2 Å². The molecule has 2 atom stereocenters. The minimum atomic E-state index is -5.84. The molecule has 10 rings (SSSR count). The van der Waals surface area contributed by atoms with E-state index in [1.807, 2.05) is 0 Å². The number of hydrogen-bond donors (Lipinski definition) is 4. The van der Waals surface area contributed by atoms with Crippen LogP contribution in [0.15, 0.2) is 269 Å². The van der Waals surface area contributed by atoms with Crippen LogP contribution in [-0.2, 0) is 19.3 Å². The van der Waals surface area contributed by atoms with Crippen molar-refractivity contribution in [1.29, 1.82) is 0 Å². The zero-order valence-corrected chi connectivity index (χ0v) is 66.8. The van der Waals surface area contributed by atoms with Crippen molar-refractivity contribution in [2.75, 3.05) is 25.2 Å². The maximum absolute atomic E-state index is 13.4. The predicted molar refractivity (Wildman–Crippen MR) is 412 cm³/mol. The summed E-state index contributed by atoms with van der Waals surface area (Å²) in [5.41, 5.74) is -3.71. The van der Waals surface area contributed by atoms with Gasteiger partial charge in [0, 0.05) is 62.9 Å². The van der Waals surface area contributed by atoms with Crippen molar-refractivity contribution in [2.45, 2.75) is 17.0 Å². The summed E-state index contributed by atoms with van der Waals surface area (Å²) in [6.07, 6.45) is 5.27. The molecule has 0 saturated heterocycles. The van der Waals surface area contributed by atoms with Gasteiger partial charge in [-0.25, -0.2) is 48.1 Å². The second-order valence-electron chi connectivity index (χ2n) is 20.8. The van der Waals surface area contributed by atoms with Gasteiger partial charge in [0.15, 0.2) is 11.6 Å². The minimum absolute atomic E-state index is 0. The average molecular weight is 1770 g/mol. The number of carbonyl (C=O) groups excluding carboxylic acids is 3. The Balaban J connectivity index is 0. The zero-order chi connectivity index (χ0) is 83.6. The van der Waals surface area contributed by atoms with Crippen LogP contribution in [0.2, 0.25) is 0 Å². The molecule has 35 heteroatoms. The molecule has 2 unspecified atom stereocenters. The van der Waals surface area contributed by atoms with E-state index < -0.39 is 105 Å². The van der Waals surface area contributed by atoms with E-state index in [1.54, 1.807) is 36.4 Å². The normalized spacial score (nSPS) is 10.6. The van der Waals surface area contributed by atoms with Crippen LogP contribution in [0.4, 0.5) is 57.1 Å². The molecule has 0 fully saturated rings. The monoisotopic (exact) mass is 1770 g/mol. The second-order valence-corrected chi connectivity index (χ2v) is 26.2. The van der Waals surface area contributed by atoms with E-state index in [2.05, 4.69) is 63.6 Å². The molecule has 10 aromatic carbocycles. The fourth-order valence-electron chi connectivity index (χ4n) is 7.98. The summed E-state index contributed by atoms with van der Waals surface area (Å²) in [7, 11) is 1.52. The van der Waals surface area contributed by atoms with Crippen molar-refractivity contribution >= 4 is 105 Å². The Bertz CT molecular complexity index is 4730. The van der Waals surface area contributed by atoms with Gasteiger partial charge in [-0.05, 0) is 187 Å². The van der Waals surface area contributed by atoms with Crippen LogP contribution >= 0.6 is 60.5 Å². The van der Waals surface area contributed by atoms with Crippen molar-refractivity contribution in [2.24, 2.45) is 0 Å². The largest absolute Gasteiger partial charge is 1.00 e. The fourth-order valence-corrected chi connectivity index (χ4v) is 8.40. The Morgan fingerprint density at radius 3 is 1.17 bits per heavy atom. The topological polar surface area (TPSA) is 211 Å². The summed E-state index contributed by atoms with van der Waals surface area (Å²) in [5.74, 6) is -5.19. The van der Waals surface area contributed by atoms with Gasteiger partial charge in [0.25, 0.3) is 5.24 Å². The Hall–Kier alpha value is -9.02. The summed E-state index contributed by atoms with van der Waals surface area (Å²) in [6, 6.07) is 46.5. The molecule has 10 aromatic rings. The number of aliphatic hydroxyl groups is 1. The van der Waals surface area contributed by atoms with Crippen LogP contribution in [-0.4, -0.2) is 88.4 Å². The Morgan fingerprint density at radius 2 is 0.788 bits per heavy atom. The molecule has 0 aliphatic carbocycles. The molecule has 13 nitrogen and oxygen atoms in total. The number of rotatable bonds is 19. The second kappa shape index (κ2) is 54.7. The van der Waals surface area contributed by atoms with Crippen molar-refractivity contribution in [3.8, 4) is 28.7 Å². The molecule has 595 valence electrons. The number of aliphatic hydroxyl groups excluding tert-OH is 1. The molecule has 0 aromatic heterocycles. The molecule has 0 heterocycles. The van der Waals surface area contributed by atoms with E-state index in [4.69, 9.17) is 59.7 Å². The number of benzene rings is 10.